The van der Waals surface area contributed by atoms with Crippen molar-refractivity contribution in [3.05, 3.63) is 41.5 Å². The maximum Gasteiger partial charge on any atom is 0.328 e. The second-order valence-electron chi connectivity index (χ2n) is 3.95. The maximum absolute atomic E-state index is 11.1. The molecule has 0 aromatic heterocycles. The summed E-state index contributed by atoms with van der Waals surface area (Å²) >= 11 is 0. The third-order valence-corrected chi connectivity index (χ3v) is 3.00. The number of nitrogens with one attached hydrogen (secondary N) is 1. The van der Waals surface area contributed by atoms with E-state index < -0.39 is 16.0 Å². The molecule has 0 amide bonds. The molecule has 0 heterocycles. The van der Waals surface area contributed by atoms with Crippen molar-refractivity contribution in [3.8, 4) is 0 Å². The molecule has 0 bridgehead atoms. The van der Waals surface area contributed by atoms with Crippen LogP contribution in [0.5, 0.6) is 0 Å². The highest BCUT2D eigenvalue weighted by Gasteiger charge is 2.10. The summed E-state index contributed by atoms with van der Waals surface area (Å²) in [6.07, 6.45) is 3.59. The third-order valence-electron chi connectivity index (χ3n) is 2.22. The summed E-state index contributed by atoms with van der Waals surface area (Å²) in [5, 5.41) is 8.53. The van der Waals surface area contributed by atoms with Crippen molar-refractivity contribution in [3.63, 3.8) is 0 Å². The largest absolute Gasteiger partial charge is 0.478 e. The highest BCUT2D eigenvalue weighted by atomic mass is 32.2. The van der Waals surface area contributed by atoms with Crippen LogP contribution in [0.25, 0.3) is 6.08 Å². The molecule has 0 aliphatic carbocycles. The van der Waals surface area contributed by atoms with Gasteiger partial charge in [-0.3, -0.25) is 0 Å². The fraction of sp³-hybridized carbons (Fsp3) is 0.250. The molecule has 5 nitrogen and oxygen atoms in total. The van der Waals surface area contributed by atoms with Gasteiger partial charge in [-0.2, -0.15) is 0 Å². The maximum atomic E-state index is 11.1. The number of hydrogen-bond donors (Lipinski definition) is 2. The Balaban J connectivity index is 2.91. The minimum absolute atomic E-state index is 0.363. The van der Waals surface area contributed by atoms with Gasteiger partial charge >= 0.3 is 5.97 Å². The summed E-state index contributed by atoms with van der Waals surface area (Å²) in [6, 6.07) is 6.65. The van der Waals surface area contributed by atoms with Crippen LogP contribution < -0.4 is 4.72 Å². The average molecular weight is 269 g/mol. The van der Waals surface area contributed by atoms with Gasteiger partial charge in [-0.05, 0) is 24.1 Å². The van der Waals surface area contributed by atoms with E-state index in [0.717, 1.165) is 17.9 Å². The molecule has 1 unspecified atom stereocenters. The highest BCUT2D eigenvalue weighted by Crippen LogP contribution is 2.15. The van der Waals surface area contributed by atoms with E-state index in [2.05, 4.69) is 4.72 Å². The summed E-state index contributed by atoms with van der Waals surface area (Å²) in [4.78, 5) is 10.4. The third kappa shape index (κ3) is 5.11. The van der Waals surface area contributed by atoms with Gasteiger partial charge in [0.1, 0.15) is 0 Å². The molecule has 1 rings (SSSR count). The van der Waals surface area contributed by atoms with Crippen LogP contribution in [0.15, 0.2) is 30.3 Å². The van der Waals surface area contributed by atoms with Gasteiger partial charge < -0.3 is 5.11 Å². The summed E-state index contributed by atoms with van der Waals surface area (Å²) < 4.78 is 24.7. The number of carbonyl (C=O) groups is 1. The average Bonchev–Trinajstić information content (AvgIpc) is 2.24. The van der Waals surface area contributed by atoms with Gasteiger partial charge in [0.05, 0.1) is 6.26 Å². The predicted molar refractivity (Wildman–Crippen MR) is 69.5 cm³/mol. The number of rotatable bonds is 5. The summed E-state index contributed by atoms with van der Waals surface area (Å²) in [5.74, 6) is -1.03. The fourth-order valence-electron chi connectivity index (χ4n) is 1.49. The first kappa shape index (κ1) is 14.4. The number of hydrogen-bond acceptors (Lipinski definition) is 3. The molecule has 0 radical (unpaired) electrons. The lowest BCUT2D eigenvalue weighted by Gasteiger charge is -2.12. The molecule has 1 atom stereocenters. The molecule has 1 aromatic rings. The van der Waals surface area contributed by atoms with Gasteiger partial charge in [0.2, 0.25) is 10.0 Å². The van der Waals surface area contributed by atoms with E-state index in [0.29, 0.717) is 5.56 Å². The number of carboxylic acid groups (broad SMARTS) is 1. The molecule has 18 heavy (non-hydrogen) atoms. The molecule has 0 saturated carbocycles. The van der Waals surface area contributed by atoms with Gasteiger partial charge in [-0.15, -0.1) is 0 Å². The predicted octanol–water partition coefficient (Wildman–Crippen LogP) is 1.39. The highest BCUT2D eigenvalue weighted by molar-refractivity contribution is 7.88. The van der Waals surface area contributed by atoms with Crippen LogP contribution in [-0.4, -0.2) is 25.7 Å². The molecule has 0 aliphatic rings. The summed E-state index contributed by atoms with van der Waals surface area (Å²) in [7, 11) is -3.27. The number of carboxylic acids is 1. The summed E-state index contributed by atoms with van der Waals surface area (Å²) in [6.45, 7) is 1.72. The van der Waals surface area contributed by atoms with Crippen molar-refractivity contribution in [2.45, 2.75) is 13.0 Å². The van der Waals surface area contributed by atoms with E-state index in [1.165, 1.54) is 6.08 Å². The van der Waals surface area contributed by atoms with Crippen molar-refractivity contribution < 1.29 is 18.3 Å². The lowest BCUT2D eigenvalue weighted by Crippen LogP contribution is -2.25. The van der Waals surface area contributed by atoms with Crippen LogP contribution in [0.1, 0.15) is 24.1 Å². The van der Waals surface area contributed by atoms with Gasteiger partial charge in [0, 0.05) is 12.1 Å². The van der Waals surface area contributed by atoms with E-state index in [4.69, 9.17) is 5.11 Å². The minimum atomic E-state index is -3.27. The Bertz CT molecular complexity index is 563. The van der Waals surface area contributed by atoms with Crippen LogP contribution >= 0.6 is 0 Å². The standard InChI is InChI=1S/C12H15NO4S/c1-9(13-18(2,16)17)11-5-3-4-10(8-11)6-7-12(14)15/h3-9,13H,1-2H3,(H,14,15). The lowest BCUT2D eigenvalue weighted by molar-refractivity contribution is -0.131. The van der Waals surface area contributed by atoms with E-state index in [9.17, 15) is 13.2 Å². The van der Waals surface area contributed by atoms with Gasteiger partial charge in [0.25, 0.3) is 0 Å². The van der Waals surface area contributed by atoms with Crippen LogP contribution in [0.4, 0.5) is 0 Å². The molecule has 1 aromatic carbocycles. The zero-order valence-electron chi connectivity index (χ0n) is 10.1. The molecular weight excluding hydrogens is 254 g/mol. The second-order valence-corrected chi connectivity index (χ2v) is 5.73. The molecule has 0 fully saturated rings. The lowest BCUT2D eigenvalue weighted by atomic mass is 10.1. The second kappa shape index (κ2) is 5.79. The summed E-state index contributed by atoms with van der Waals surface area (Å²) in [5.41, 5.74) is 1.48. The first-order chi connectivity index (χ1) is 8.28. The van der Waals surface area contributed by atoms with E-state index in [1.54, 1.807) is 31.2 Å². The number of sulfonamides is 1. The molecule has 6 heteroatoms. The minimum Gasteiger partial charge on any atom is -0.478 e. The Morgan fingerprint density at radius 3 is 2.67 bits per heavy atom. The molecule has 0 spiro atoms. The van der Waals surface area contributed by atoms with Gasteiger partial charge in [-0.1, -0.05) is 24.3 Å². The normalized spacial score (nSPS) is 13.7. The van der Waals surface area contributed by atoms with Gasteiger partial charge in [-0.25, -0.2) is 17.9 Å². The van der Waals surface area contributed by atoms with Crippen molar-refractivity contribution in [2.24, 2.45) is 0 Å². The Morgan fingerprint density at radius 1 is 1.44 bits per heavy atom. The zero-order valence-corrected chi connectivity index (χ0v) is 10.9. The van der Waals surface area contributed by atoms with Crippen LogP contribution in [0.2, 0.25) is 0 Å². The molecule has 2 N–H and O–H groups in total. The van der Waals surface area contributed by atoms with Crippen LogP contribution in [0.3, 0.4) is 0 Å². The Kier molecular flexibility index (Phi) is 4.63. The quantitative estimate of drug-likeness (QED) is 0.791. The van der Waals surface area contributed by atoms with E-state index in [1.807, 2.05) is 0 Å². The Morgan fingerprint density at radius 2 is 2.11 bits per heavy atom. The van der Waals surface area contributed by atoms with Crippen molar-refractivity contribution in [1.82, 2.24) is 4.72 Å². The molecular formula is C12H15NO4S. The first-order valence-electron chi connectivity index (χ1n) is 5.26. The SMILES string of the molecule is CC(NS(C)(=O)=O)c1cccc(C=CC(=O)O)c1. The van der Waals surface area contributed by atoms with Crippen molar-refractivity contribution >= 4 is 22.1 Å². The van der Waals surface area contributed by atoms with Crippen LogP contribution in [0, 0.1) is 0 Å². The topological polar surface area (TPSA) is 83.5 Å². The first-order valence-corrected chi connectivity index (χ1v) is 7.15. The zero-order chi connectivity index (χ0) is 13.8. The molecule has 0 aliphatic heterocycles. The Hall–Kier alpha value is -1.66. The monoisotopic (exact) mass is 269 g/mol. The van der Waals surface area contributed by atoms with Crippen LogP contribution in [-0.2, 0) is 14.8 Å². The van der Waals surface area contributed by atoms with E-state index in [-0.39, 0.29) is 6.04 Å². The van der Waals surface area contributed by atoms with E-state index >= 15 is 0 Å². The van der Waals surface area contributed by atoms with Crippen molar-refractivity contribution in [2.75, 3.05) is 6.26 Å². The van der Waals surface area contributed by atoms with Crippen molar-refractivity contribution in [1.29, 1.82) is 0 Å². The number of aliphatic carboxylic acids is 1. The fourth-order valence-corrected chi connectivity index (χ4v) is 2.27. The smallest absolute Gasteiger partial charge is 0.328 e. The van der Waals surface area contributed by atoms with Gasteiger partial charge in [0.15, 0.2) is 0 Å². The number of benzene rings is 1. The molecule has 98 valence electrons. The Labute approximate surface area is 106 Å². The molecule has 0 saturated heterocycles.